The van der Waals surface area contributed by atoms with E-state index in [2.05, 4.69) is 27.7 Å². The summed E-state index contributed by atoms with van der Waals surface area (Å²) in [6, 6.07) is 0. The minimum Gasteiger partial charge on any atom is -0.462 e. The molecule has 4 fully saturated rings. The summed E-state index contributed by atoms with van der Waals surface area (Å²) in [5.74, 6) is 2.50. The van der Waals surface area contributed by atoms with Crippen molar-refractivity contribution < 1.29 is 24.2 Å². The Kier molecular flexibility index (Phi) is 6.95. The molecular formula is C28H46O5. The second-order valence-electron chi connectivity index (χ2n) is 12.4. The molecule has 0 aromatic carbocycles. The maximum absolute atomic E-state index is 12.1. The molecule has 0 aromatic rings. The van der Waals surface area contributed by atoms with Gasteiger partial charge >= 0.3 is 11.9 Å². The van der Waals surface area contributed by atoms with Gasteiger partial charge in [-0.3, -0.25) is 9.59 Å². The van der Waals surface area contributed by atoms with Crippen molar-refractivity contribution in [3.63, 3.8) is 0 Å². The van der Waals surface area contributed by atoms with Gasteiger partial charge in [-0.15, -0.1) is 0 Å². The Labute approximate surface area is 200 Å². The molecule has 0 bridgehead atoms. The van der Waals surface area contributed by atoms with Crippen LogP contribution in [-0.2, 0) is 19.1 Å². The Morgan fingerprint density at radius 1 is 1.06 bits per heavy atom. The lowest BCUT2D eigenvalue weighted by Gasteiger charge is -2.63. The van der Waals surface area contributed by atoms with Crippen molar-refractivity contribution in [3.8, 4) is 0 Å². The molecule has 0 aromatic heterocycles. The normalized spacial score (nSPS) is 47.6. The summed E-state index contributed by atoms with van der Waals surface area (Å²) in [7, 11) is 0. The lowest BCUT2D eigenvalue weighted by Crippen LogP contribution is -2.58. The Balaban J connectivity index is 1.71. The minimum absolute atomic E-state index is 0.0652. The van der Waals surface area contributed by atoms with E-state index < -0.39 is 0 Å². The predicted octanol–water partition coefficient (Wildman–Crippen LogP) is 5.53. The first-order valence-corrected chi connectivity index (χ1v) is 13.5. The fourth-order valence-electron chi connectivity index (χ4n) is 9.44. The molecule has 5 nitrogen and oxygen atoms in total. The summed E-state index contributed by atoms with van der Waals surface area (Å²) in [5.41, 5.74) is 0.180. The van der Waals surface area contributed by atoms with Crippen molar-refractivity contribution >= 4 is 11.9 Å². The van der Waals surface area contributed by atoms with Crippen LogP contribution in [0.2, 0.25) is 0 Å². The van der Waals surface area contributed by atoms with E-state index in [4.69, 9.17) is 9.47 Å². The average molecular weight is 463 g/mol. The van der Waals surface area contributed by atoms with E-state index in [1.54, 1.807) is 0 Å². The molecule has 4 aliphatic rings. The molecule has 0 aliphatic heterocycles. The molecule has 0 saturated heterocycles. The third kappa shape index (κ3) is 4.15. The molecule has 1 N–H and O–H groups in total. The van der Waals surface area contributed by atoms with Gasteiger partial charge in [0.05, 0.1) is 6.10 Å². The minimum atomic E-state index is -0.205. The Morgan fingerprint density at radius 3 is 2.42 bits per heavy atom. The zero-order valence-corrected chi connectivity index (χ0v) is 21.6. The number of rotatable bonds is 5. The Morgan fingerprint density at radius 2 is 1.79 bits per heavy atom. The second-order valence-corrected chi connectivity index (χ2v) is 12.4. The summed E-state index contributed by atoms with van der Waals surface area (Å²) in [6.07, 6.45) is 8.69. The maximum atomic E-state index is 12.1. The average Bonchev–Trinajstić information content (AvgIpc) is 3.00. The zero-order chi connectivity index (χ0) is 24.1. The highest BCUT2D eigenvalue weighted by atomic mass is 16.6. The van der Waals surface area contributed by atoms with Crippen molar-refractivity contribution in [2.24, 2.45) is 46.3 Å². The third-order valence-corrected chi connectivity index (χ3v) is 10.9. The molecule has 188 valence electrons. The molecule has 4 aliphatic carbocycles. The molecule has 0 heterocycles. The predicted molar refractivity (Wildman–Crippen MR) is 127 cm³/mol. The number of hydrogen-bond donors (Lipinski definition) is 1. The van der Waals surface area contributed by atoms with Crippen LogP contribution < -0.4 is 0 Å². The van der Waals surface area contributed by atoms with Crippen molar-refractivity contribution in [3.05, 3.63) is 0 Å². The maximum Gasteiger partial charge on any atom is 0.302 e. The topological polar surface area (TPSA) is 72.8 Å². The second kappa shape index (κ2) is 9.17. The number of carbonyl (C=O) groups is 2. The fourth-order valence-corrected chi connectivity index (χ4v) is 9.44. The number of ether oxygens (including phenoxy) is 2. The highest BCUT2D eigenvalue weighted by molar-refractivity contribution is 5.66. The monoisotopic (exact) mass is 462 g/mol. The van der Waals surface area contributed by atoms with Gasteiger partial charge in [0.1, 0.15) is 12.2 Å². The van der Waals surface area contributed by atoms with Crippen LogP contribution in [0.15, 0.2) is 0 Å². The van der Waals surface area contributed by atoms with Gasteiger partial charge in [-0.2, -0.15) is 0 Å². The third-order valence-electron chi connectivity index (χ3n) is 10.9. The van der Waals surface area contributed by atoms with Gasteiger partial charge in [0.2, 0.25) is 0 Å². The van der Waals surface area contributed by atoms with Crippen molar-refractivity contribution in [2.75, 3.05) is 0 Å². The zero-order valence-electron chi connectivity index (χ0n) is 21.6. The van der Waals surface area contributed by atoms with Gasteiger partial charge in [-0.25, -0.2) is 0 Å². The quantitative estimate of drug-likeness (QED) is 0.544. The standard InChI is InChI=1S/C28H46O5/c1-7-8-24(32-17(3)29)22-15-25(33-18(4)30)27(5)12-11-23-21(26(22)27)10-9-19-14-20(31)13-16(2)28(19,23)6/h16,19-26,31H,7-15H2,1-6H3/t16-,19-,20+,21+,22+,23-,24?,25-,26+,27+,28-/m0/s1. The highest BCUT2D eigenvalue weighted by Gasteiger charge is 2.65. The Bertz CT molecular complexity index is 751. The lowest BCUT2D eigenvalue weighted by atomic mass is 9.42. The summed E-state index contributed by atoms with van der Waals surface area (Å²) in [6.45, 7) is 12.4. The molecule has 11 atom stereocenters. The van der Waals surface area contributed by atoms with Crippen LogP contribution in [0, 0.1) is 46.3 Å². The molecule has 33 heavy (non-hydrogen) atoms. The van der Waals surface area contributed by atoms with Gasteiger partial charge in [-0.05, 0) is 86.4 Å². The number of aliphatic hydroxyl groups is 1. The van der Waals surface area contributed by atoms with E-state index in [9.17, 15) is 14.7 Å². The first-order valence-electron chi connectivity index (χ1n) is 13.5. The molecule has 4 rings (SSSR count). The van der Waals surface area contributed by atoms with Crippen molar-refractivity contribution in [2.45, 2.75) is 118 Å². The van der Waals surface area contributed by atoms with Crippen LogP contribution in [-0.4, -0.2) is 35.4 Å². The molecule has 0 spiro atoms. The number of carbonyl (C=O) groups excluding carboxylic acids is 2. The van der Waals surface area contributed by atoms with E-state index >= 15 is 0 Å². The molecule has 4 saturated carbocycles. The van der Waals surface area contributed by atoms with E-state index in [-0.39, 0.29) is 47.0 Å². The van der Waals surface area contributed by atoms with Crippen LogP contribution in [0.1, 0.15) is 99.3 Å². The molecule has 0 amide bonds. The van der Waals surface area contributed by atoms with E-state index in [0.717, 1.165) is 38.5 Å². The summed E-state index contributed by atoms with van der Waals surface area (Å²) in [4.78, 5) is 24.1. The van der Waals surface area contributed by atoms with Gasteiger partial charge in [-0.1, -0.05) is 34.1 Å². The van der Waals surface area contributed by atoms with Gasteiger partial charge in [0, 0.05) is 25.2 Å². The van der Waals surface area contributed by atoms with Crippen LogP contribution in [0.3, 0.4) is 0 Å². The first-order chi connectivity index (χ1) is 15.5. The Hall–Kier alpha value is -1.10. The summed E-state index contributed by atoms with van der Waals surface area (Å²) >= 11 is 0. The SMILES string of the molecule is CCCC(OC(C)=O)[C@H]1C[C@H](OC(C)=O)[C@@]2(C)CC[C@H]3[C@@H](CC[C@H]4C[C@H](O)C[C@H](C)[C@@]43C)[C@H]12. The summed E-state index contributed by atoms with van der Waals surface area (Å²) < 4.78 is 11.9. The van der Waals surface area contributed by atoms with E-state index in [0.29, 0.717) is 29.6 Å². The van der Waals surface area contributed by atoms with Crippen LogP contribution in [0.25, 0.3) is 0 Å². The lowest BCUT2D eigenvalue weighted by molar-refractivity contribution is -0.177. The molecule has 5 heteroatoms. The number of hydrogen-bond acceptors (Lipinski definition) is 5. The smallest absolute Gasteiger partial charge is 0.302 e. The highest BCUT2D eigenvalue weighted by Crippen LogP contribution is 2.69. The fraction of sp³-hybridized carbons (Fsp3) is 0.929. The van der Waals surface area contributed by atoms with Gasteiger partial charge in [0.15, 0.2) is 0 Å². The van der Waals surface area contributed by atoms with Gasteiger partial charge < -0.3 is 14.6 Å². The largest absolute Gasteiger partial charge is 0.462 e. The van der Waals surface area contributed by atoms with Crippen LogP contribution in [0.4, 0.5) is 0 Å². The molecular weight excluding hydrogens is 416 g/mol. The number of fused-ring (bicyclic) bond motifs is 5. The van der Waals surface area contributed by atoms with Crippen molar-refractivity contribution in [1.82, 2.24) is 0 Å². The van der Waals surface area contributed by atoms with Crippen LogP contribution in [0.5, 0.6) is 0 Å². The number of esters is 2. The van der Waals surface area contributed by atoms with Crippen molar-refractivity contribution in [1.29, 1.82) is 0 Å². The van der Waals surface area contributed by atoms with E-state index in [1.807, 2.05) is 0 Å². The first kappa shape index (κ1) is 25.0. The van der Waals surface area contributed by atoms with Crippen LogP contribution >= 0.6 is 0 Å². The summed E-state index contributed by atoms with van der Waals surface area (Å²) in [5, 5.41) is 10.5. The number of aliphatic hydroxyl groups excluding tert-OH is 1. The van der Waals surface area contributed by atoms with E-state index in [1.165, 1.54) is 33.1 Å². The molecule has 0 radical (unpaired) electrons. The van der Waals surface area contributed by atoms with Gasteiger partial charge in [0.25, 0.3) is 0 Å². The molecule has 1 unspecified atom stereocenters.